The molecule has 0 saturated carbocycles. The molecule has 2 aromatic heterocycles. The van der Waals surface area contributed by atoms with Crippen molar-refractivity contribution in [3.05, 3.63) is 71.5 Å². The number of hydrogen-bond donors (Lipinski definition) is 3. The minimum absolute atomic E-state index is 0.130. The molecule has 4 heterocycles. The quantitative estimate of drug-likeness (QED) is 0.482. The number of amides is 1. The van der Waals surface area contributed by atoms with E-state index in [2.05, 4.69) is 56.8 Å². The first kappa shape index (κ1) is 22.2. The number of pyridine rings is 2. The van der Waals surface area contributed by atoms with Crippen LogP contribution in [-0.2, 0) is 12.0 Å². The summed E-state index contributed by atoms with van der Waals surface area (Å²) in [4.78, 5) is 24.4. The fraction of sp³-hybridized carbons (Fsp3) is 0.370. The van der Waals surface area contributed by atoms with E-state index in [-0.39, 0.29) is 11.3 Å². The van der Waals surface area contributed by atoms with Gasteiger partial charge < -0.3 is 20.9 Å². The van der Waals surface area contributed by atoms with E-state index < -0.39 is 0 Å². The van der Waals surface area contributed by atoms with Crippen LogP contribution < -0.4 is 20.9 Å². The summed E-state index contributed by atoms with van der Waals surface area (Å²) in [5, 5.41) is 9.85. The zero-order chi connectivity index (χ0) is 23.5. The molecule has 0 radical (unpaired) electrons. The second-order valence-electron chi connectivity index (χ2n) is 9.74. The van der Waals surface area contributed by atoms with E-state index in [9.17, 15) is 4.79 Å². The Morgan fingerprint density at radius 1 is 1.09 bits per heavy atom. The molecule has 1 aromatic carbocycles. The van der Waals surface area contributed by atoms with Gasteiger partial charge in [0, 0.05) is 49.9 Å². The molecule has 3 aromatic rings. The van der Waals surface area contributed by atoms with E-state index in [1.807, 2.05) is 24.4 Å². The second-order valence-corrected chi connectivity index (χ2v) is 9.74. The molecule has 3 N–H and O–H groups in total. The Labute approximate surface area is 201 Å². The Morgan fingerprint density at radius 2 is 1.94 bits per heavy atom. The lowest BCUT2D eigenvalue weighted by Gasteiger charge is -2.33. The zero-order valence-corrected chi connectivity index (χ0v) is 19.9. The van der Waals surface area contributed by atoms with Gasteiger partial charge >= 0.3 is 0 Å². The minimum atomic E-state index is -0.182. The molecular formula is C27H32N6O. The molecule has 1 fully saturated rings. The maximum absolute atomic E-state index is 13.1. The predicted molar refractivity (Wildman–Crippen MR) is 138 cm³/mol. The summed E-state index contributed by atoms with van der Waals surface area (Å²) >= 11 is 0. The Balaban J connectivity index is 1.29. The maximum atomic E-state index is 13.1. The van der Waals surface area contributed by atoms with E-state index >= 15 is 0 Å². The summed E-state index contributed by atoms with van der Waals surface area (Å²) in [6.07, 6.45) is 7.07. The maximum Gasteiger partial charge on any atom is 0.259 e. The van der Waals surface area contributed by atoms with Gasteiger partial charge in [-0.1, -0.05) is 19.9 Å². The standard InChI is InChI=1S/C27H32N6O/c1-27(2)10-13-28-23-17-20(7-8-22(23)27)32-26(34)21-6-5-11-30-25(21)31-18-19-9-12-29-24(16-19)33-14-3-4-15-33/h5-9,11-12,16-17,28H,3-4,10,13-15,18H2,1-2H3,(H,30,31)(H,32,34). The topological polar surface area (TPSA) is 82.2 Å². The molecule has 0 aliphatic carbocycles. The zero-order valence-electron chi connectivity index (χ0n) is 19.9. The van der Waals surface area contributed by atoms with E-state index in [4.69, 9.17) is 0 Å². The van der Waals surface area contributed by atoms with E-state index in [1.165, 1.54) is 18.4 Å². The number of rotatable bonds is 6. The first-order valence-corrected chi connectivity index (χ1v) is 12.1. The summed E-state index contributed by atoms with van der Waals surface area (Å²) in [6, 6.07) is 13.8. The summed E-state index contributed by atoms with van der Waals surface area (Å²) in [7, 11) is 0. The lowest BCUT2D eigenvalue weighted by atomic mass is 9.78. The van der Waals surface area contributed by atoms with Crippen LogP contribution in [0, 0.1) is 0 Å². The largest absolute Gasteiger partial charge is 0.385 e. The molecule has 2 aliphatic rings. The highest BCUT2D eigenvalue weighted by molar-refractivity contribution is 6.07. The van der Waals surface area contributed by atoms with E-state index in [0.29, 0.717) is 17.9 Å². The molecule has 7 nitrogen and oxygen atoms in total. The molecular weight excluding hydrogens is 424 g/mol. The van der Waals surface area contributed by atoms with Crippen molar-refractivity contribution >= 4 is 28.9 Å². The van der Waals surface area contributed by atoms with Crippen LogP contribution in [0.3, 0.4) is 0 Å². The van der Waals surface area contributed by atoms with Crippen LogP contribution in [0.25, 0.3) is 0 Å². The van der Waals surface area contributed by atoms with Crippen molar-refractivity contribution in [2.45, 2.75) is 45.1 Å². The van der Waals surface area contributed by atoms with Crippen LogP contribution in [0.5, 0.6) is 0 Å². The van der Waals surface area contributed by atoms with Crippen molar-refractivity contribution in [3.8, 4) is 0 Å². The average molecular weight is 457 g/mol. The fourth-order valence-electron chi connectivity index (χ4n) is 4.81. The molecule has 0 bridgehead atoms. The van der Waals surface area contributed by atoms with Crippen molar-refractivity contribution in [2.24, 2.45) is 0 Å². The van der Waals surface area contributed by atoms with Crippen molar-refractivity contribution in [2.75, 3.05) is 40.5 Å². The summed E-state index contributed by atoms with van der Waals surface area (Å²) in [6.45, 7) is 8.14. The van der Waals surface area contributed by atoms with Gasteiger partial charge in [-0.15, -0.1) is 0 Å². The van der Waals surface area contributed by atoms with Gasteiger partial charge in [0.05, 0.1) is 5.56 Å². The average Bonchev–Trinajstić information content (AvgIpc) is 3.38. The Bertz CT molecular complexity index is 1190. The molecule has 7 heteroatoms. The Kier molecular flexibility index (Phi) is 6.09. The lowest BCUT2D eigenvalue weighted by molar-refractivity contribution is 0.102. The van der Waals surface area contributed by atoms with Gasteiger partial charge in [-0.2, -0.15) is 0 Å². The monoisotopic (exact) mass is 456 g/mol. The number of benzene rings is 1. The Morgan fingerprint density at radius 3 is 2.79 bits per heavy atom. The smallest absolute Gasteiger partial charge is 0.259 e. The minimum Gasteiger partial charge on any atom is -0.385 e. The number of fused-ring (bicyclic) bond motifs is 1. The van der Waals surface area contributed by atoms with Crippen molar-refractivity contribution in [3.63, 3.8) is 0 Å². The van der Waals surface area contributed by atoms with Crippen LogP contribution in [-0.4, -0.2) is 35.5 Å². The van der Waals surface area contributed by atoms with Crippen LogP contribution in [0.2, 0.25) is 0 Å². The third-order valence-electron chi connectivity index (χ3n) is 6.82. The number of aromatic nitrogens is 2. The van der Waals surface area contributed by atoms with Crippen LogP contribution in [0.1, 0.15) is 54.6 Å². The van der Waals surface area contributed by atoms with Crippen molar-refractivity contribution in [1.29, 1.82) is 0 Å². The highest BCUT2D eigenvalue weighted by atomic mass is 16.1. The second kappa shape index (κ2) is 9.33. The molecule has 1 amide bonds. The molecule has 5 rings (SSSR count). The van der Waals surface area contributed by atoms with Gasteiger partial charge in [0.25, 0.3) is 5.91 Å². The van der Waals surface area contributed by atoms with Gasteiger partial charge in [0.1, 0.15) is 11.6 Å². The molecule has 1 saturated heterocycles. The summed E-state index contributed by atoms with van der Waals surface area (Å²) in [5.74, 6) is 1.40. The van der Waals surface area contributed by atoms with Crippen LogP contribution in [0.15, 0.2) is 54.9 Å². The molecule has 2 aliphatic heterocycles. The molecule has 176 valence electrons. The van der Waals surface area contributed by atoms with Crippen molar-refractivity contribution < 1.29 is 4.79 Å². The normalized spacial score (nSPS) is 16.5. The van der Waals surface area contributed by atoms with Gasteiger partial charge in [0.15, 0.2) is 0 Å². The number of carbonyl (C=O) groups is 1. The number of nitrogens with one attached hydrogen (secondary N) is 3. The van der Waals surface area contributed by atoms with Gasteiger partial charge in [-0.3, -0.25) is 4.79 Å². The third-order valence-corrected chi connectivity index (χ3v) is 6.82. The van der Waals surface area contributed by atoms with Gasteiger partial charge in [-0.05, 0) is 72.2 Å². The first-order chi connectivity index (χ1) is 16.5. The number of hydrogen-bond acceptors (Lipinski definition) is 6. The highest BCUT2D eigenvalue weighted by Gasteiger charge is 2.27. The van der Waals surface area contributed by atoms with Crippen LogP contribution >= 0.6 is 0 Å². The van der Waals surface area contributed by atoms with Gasteiger partial charge in [0.2, 0.25) is 0 Å². The molecule has 0 atom stereocenters. The first-order valence-electron chi connectivity index (χ1n) is 12.1. The van der Waals surface area contributed by atoms with E-state index in [0.717, 1.165) is 48.8 Å². The molecule has 34 heavy (non-hydrogen) atoms. The Hall–Kier alpha value is -3.61. The van der Waals surface area contributed by atoms with Crippen molar-refractivity contribution in [1.82, 2.24) is 9.97 Å². The molecule has 0 spiro atoms. The van der Waals surface area contributed by atoms with Crippen LogP contribution in [0.4, 0.5) is 23.0 Å². The predicted octanol–water partition coefficient (Wildman–Crippen LogP) is 5.03. The summed E-state index contributed by atoms with van der Waals surface area (Å²) < 4.78 is 0. The number of carbonyl (C=O) groups excluding carboxylic acids is 1. The summed E-state index contributed by atoms with van der Waals surface area (Å²) in [5.41, 5.74) is 4.90. The highest BCUT2D eigenvalue weighted by Crippen LogP contribution is 2.38. The molecule has 0 unspecified atom stereocenters. The lowest BCUT2D eigenvalue weighted by Crippen LogP contribution is -2.28. The third kappa shape index (κ3) is 4.69. The number of nitrogens with zero attached hydrogens (tertiary/aromatic N) is 3. The van der Waals surface area contributed by atoms with E-state index in [1.54, 1.807) is 18.3 Å². The number of anilines is 4. The SMILES string of the molecule is CC1(C)CCNc2cc(NC(=O)c3cccnc3NCc3ccnc(N4CCCC4)c3)ccc21. The fourth-order valence-corrected chi connectivity index (χ4v) is 4.81. The van der Waals surface area contributed by atoms with Gasteiger partial charge in [-0.25, -0.2) is 9.97 Å².